The topological polar surface area (TPSA) is 52.0 Å². The lowest BCUT2D eigenvalue weighted by molar-refractivity contribution is 0.228. The first-order valence-corrected chi connectivity index (χ1v) is 10.2. The first-order valence-electron chi connectivity index (χ1n) is 10.2. The molecule has 0 unspecified atom stereocenters. The van der Waals surface area contributed by atoms with Crippen molar-refractivity contribution in [1.29, 1.82) is 5.26 Å². The molecular weight excluding hydrogens is 344 g/mol. The van der Waals surface area contributed by atoms with Crippen molar-refractivity contribution in [3.8, 4) is 17.3 Å². The smallest absolute Gasteiger partial charge is 0.0991 e. The molecule has 4 rings (SSSR count). The number of benzene rings is 2. The van der Waals surface area contributed by atoms with Gasteiger partial charge in [-0.05, 0) is 63.2 Å². The summed E-state index contributed by atoms with van der Waals surface area (Å²) in [7, 11) is 0. The van der Waals surface area contributed by atoms with Crippen LogP contribution in [-0.2, 0) is 0 Å². The van der Waals surface area contributed by atoms with Crippen molar-refractivity contribution in [3.05, 3.63) is 60.2 Å². The molecule has 1 aliphatic heterocycles. The molecule has 0 aliphatic carbocycles. The molecule has 0 amide bonds. The maximum atomic E-state index is 9.02. The molecule has 0 bridgehead atoms. The maximum absolute atomic E-state index is 9.02. The van der Waals surface area contributed by atoms with Crippen LogP contribution in [0.3, 0.4) is 0 Å². The largest absolute Gasteiger partial charge is 0.384 e. The Morgan fingerprint density at radius 1 is 1.00 bits per heavy atom. The summed E-state index contributed by atoms with van der Waals surface area (Å²) in [4.78, 5) is 7.41. The quantitative estimate of drug-likeness (QED) is 0.616. The molecule has 1 aliphatic rings. The van der Waals surface area contributed by atoms with Gasteiger partial charge in [-0.3, -0.25) is 0 Å². The van der Waals surface area contributed by atoms with Crippen molar-refractivity contribution in [1.82, 2.24) is 9.88 Å². The van der Waals surface area contributed by atoms with Gasteiger partial charge in [0.25, 0.3) is 0 Å². The molecule has 1 aromatic heterocycles. The number of nitrogens with one attached hydrogen (secondary N) is 1. The second kappa shape index (κ2) is 8.86. The third kappa shape index (κ3) is 4.32. The van der Waals surface area contributed by atoms with Gasteiger partial charge < -0.3 is 10.2 Å². The van der Waals surface area contributed by atoms with Gasteiger partial charge >= 0.3 is 0 Å². The molecule has 28 heavy (non-hydrogen) atoms. The lowest BCUT2D eigenvalue weighted by atomic mass is 10.1. The van der Waals surface area contributed by atoms with Gasteiger partial charge in [-0.25, -0.2) is 4.98 Å². The summed E-state index contributed by atoms with van der Waals surface area (Å²) < 4.78 is 0. The molecule has 0 saturated carbocycles. The zero-order valence-electron chi connectivity index (χ0n) is 16.2. The van der Waals surface area contributed by atoms with Crippen LogP contribution in [0.5, 0.6) is 0 Å². The van der Waals surface area contributed by atoms with Crippen molar-refractivity contribution in [2.45, 2.75) is 25.7 Å². The van der Waals surface area contributed by atoms with E-state index in [4.69, 9.17) is 10.2 Å². The van der Waals surface area contributed by atoms with Gasteiger partial charge in [-0.15, -0.1) is 0 Å². The summed E-state index contributed by atoms with van der Waals surface area (Å²) in [5.41, 5.74) is 4.75. The SMILES string of the molecule is N#Cc1ccc(-c2cc(NCCCN3CCCCC3)c3ccccc3n2)cc1. The standard InChI is InChI=1S/C24H26N4/c25-18-19-9-11-20(12-10-19)23-17-24(21-7-2-3-8-22(21)27-23)26-13-6-16-28-14-4-1-5-15-28/h2-3,7-12,17H,1,4-6,13-16H2,(H,26,27). The minimum Gasteiger partial charge on any atom is -0.384 e. The Labute approximate surface area is 166 Å². The van der Waals surface area contributed by atoms with Gasteiger partial charge in [0, 0.05) is 23.2 Å². The third-order valence-electron chi connectivity index (χ3n) is 5.44. The molecule has 4 heteroatoms. The second-order valence-electron chi connectivity index (χ2n) is 7.44. The van der Waals surface area contributed by atoms with E-state index in [2.05, 4.69) is 40.6 Å². The van der Waals surface area contributed by atoms with E-state index >= 15 is 0 Å². The molecule has 1 fully saturated rings. The van der Waals surface area contributed by atoms with Gasteiger partial charge in [-0.1, -0.05) is 36.8 Å². The van der Waals surface area contributed by atoms with E-state index in [0.29, 0.717) is 5.56 Å². The van der Waals surface area contributed by atoms with Crippen LogP contribution in [0, 0.1) is 11.3 Å². The van der Waals surface area contributed by atoms with Crippen LogP contribution in [0.1, 0.15) is 31.2 Å². The highest BCUT2D eigenvalue weighted by atomic mass is 15.1. The molecule has 142 valence electrons. The summed E-state index contributed by atoms with van der Waals surface area (Å²) in [5.74, 6) is 0. The van der Waals surface area contributed by atoms with E-state index < -0.39 is 0 Å². The Morgan fingerprint density at radius 2 is 1.79 bits per heavy atom. The van der Waals surface area contributed by atoms with Gasteiger partial charge in [0.05, 0.1) is 22.8 Å². The molecule has 0 atom stereocenters. The van der Waals surface area contributed by atoms with Crippen LogP contribution in [0.25, 0.3) is 22.2 Å². The van der Waals surface area contributed by atoms with Crippen molar-refractivity contribution >= 4 is 16.6 Å². The van der Waals surface area contributed by atoms with Crippen LogP contribution >= 0.6 is 0 Å². The third-order valence-corrected chi connectivity index (χ3v) is 5.44. The number of hydrogen-bond acceptors (Lipinski definition) is 4. The fourth-order valence-electron chi connectivity index (χ4n) is 3.89. The Morgan fingerprint density at radius 3 is 2.57 bits per heavy atom. The van der Waals surface area contributed by atoms with Crippen LogP contribution in [0.2, 0.25) is 0 Å². The van der Waals surface area contributed by atoms with Gasteiger partial charge in [-0.2, -0.15) is 5.26 Å². The molecule has 1 saturated heterocycles. The zero-order chi connectivity index (χ0) is 19.2. The van der Waals surface area contributed by atoms with Crippen LogP contribution in [0.4, 0.5) is 5.69 Å². The summed E-state index contributed by atoms with van der Waals surface area (Å²) in [5, 5.41) is 13.8. The molecule has 0 spiro atoms. The summed E-state index contributed by atoms with van der Waals surface area (Å²) in [6.45, 7) is 4.62. The van der Waals surface area contributed by atoms with Crippen molar-refractivity contribution in [2.75, 3.05) is 31.5 Å². The highest BCUT2D eigenvalue weighted by molar-refractivity contribution is 5.93. The molecule has 3 aromatic rings. The number of aromatic nitrogens is 1. The first-order chi connectivity index (χ1) is 13.8. The van der Waals surface area contributed by atoms with E-state index in [1.54, 1.807) is 0 Å². The highest BCUT2D eigenvalue weighted by Crippen LogP contribution is 2.28. The number of likely N-dealkylation sites (tertiary alicyclic amines) is 1. The summed E-state index contributed by atoms with van der Waals surface area (Å²) in [6, 6.07) is 20.2. The van der Waals surface area contributed by atoms with E-state index in [1.165, 1.54) is 38.9 Å². The minimum atomic E-state index is 0.667. The molecule has 2 heterocycles. The number of fused-ring (bicyclic) bond motifs is 1. The van der Waals surface area contributed by atoms with E-state index in [-0.39, 0.29) is 0 Å². The Bertz CT molecular complexity index is 966. The van der Waals surface area contributed by atoms with Crippen molar-refractivity contribution in [3.63, 3.8) is 0 Å². The number of pyridine rings is 1. The molecule has 0 radical (unpaired) electrons. The van der Waals surface area contributed by atoms with Crippen molar-refractivity contribution < 1.29 is 0 Å². The number of nitriles is 1. The maximum Gasteiger partial charge on any atom is 0.0991 e. The van der Waals surface area contributed by atoms with Gasteiger partial charge in [0.15, 0.2) is 0 Å². The highest BCUT2D eigenvalue weighted by Gasteiger charge is 2.10. The molecule has 2 aromatic carbocycles. The first kappa shape index (κ1) is 18.5. The normalized spacial score (nSPS) is 14.7. The second-order valence-corrected chi connectivity index (χ2v) is 7.44. The predicted octanol–water partition coefficient (Wildman–Crippen LogP) is 5.06. The van der Waals surface area contributed by atoms with E-state index in [0.717, 1.165) is 40.8 Å². The minimum absolute atomic E-state index is 0.667. The average Bonchev–Trinajstić information content (AvgIpc) is 2.77. The fourth-order valence-corrected chi connectivity index (χ4v) is 3.89. The van der Waals surface area contributed by atoms with E-state index in [9.17, 15) is 0 Å². The van der Waals surface area contributed by atoms with E-state index in [1.807, 2.05) is 30.3 Å². The van der Waals surface area contributed by atoms with Crippen LogP contribution in [0.15, 0.2) is 54.6 Å². The summed E-state index contributed by atoms with van der Waals surface area (Å²) >= 11 is 0. The number of hydrogen-bond donors (Lipinski definition) is 1. The summed E-state index contributed by atoms with van der Waals surface area (Å²) in [6.07, 6.45) is 5.21. The number of piperidine rings is 1. The number of para-hydroxylation sites is 1. The predicted molar refractivity (Wildman–Crippen MR) is 115 cm³/mol. The number of nitrogens with zero attached hydrogens (tertiary/aromatic N) is 3. The molecule has 1 N–H and O–H groups in total. The van der Waals surface area contributed by atoms with Gasteiger partial charge in [0.2, 0.25) is 0 Å². The lowest BCUT2D eigenvalue weighted by Gasteiger charge is -2.26. The lowest BCUT2D eigenvalue weighted by Crippen LogP contribution is -2.31. The monoisotopic (exact) mass is 370 g/mol. The van der Waals surface area contributed by atoms with Gasteiger partial charge in [0.1, 0.15) is 0 Å². The number of rotatable bonds is 6. The van der Waals surface area contributed by atoms with Crippen LogP contribution in [-0.4, -0.2) is 36.1 Å². The Kier molecular flexibility index (Phi) is 5.84. The zero-order valence-corrected chi connectivity index (χ0v) is 16.2. The average molecular weight is 370 g/mol. The fraction of sp³-hybridized carbons (Fsp3) is 0.333. The molecular formula is C24H26N4. The Balaban J connectivity index is 1.51. The molecule has 4 nitrogen and oxygen atoms in total. The van der Waals surface area contributed by atoms with Crippen molar-refractivity contribution in [2.24, 2.45) is 0 Å². The number of anilines is 1. The Hall–Kier alpha value is -2.90. The van der Waals surface area contributed by atoms with Crippen LogP contribution < -0.4 is 5.32 Å².